The Balaban J connectivity index is 3.75. The number of rotatable bonds is 46. The third-order valence-corrected chi connectivity index (χ3v) is 10.4. The molecule has 5 heteroatoms. The topological polar surface area (TPSA) is 72.8 Å². The van der Waals surface area contributed by atoms with Crippen molar-refractivity contribution in [3.05, 3.63) is 194 Å². The number of carbonyl (C=O) groups excluding carboxylic acids is 2. The fourth-order valence-corrected chi connectivity index (χ4v) is 6.41. The van der Waals surface area contributed by atoms with E-state index >= 15 is 0 Å². The molecular weight excluding hydrogens is 861 g/mol. The summed E-state index contributed by atoms with van der Waals surface area (Å²) in [4.78, 5) is 24.5. The van der Waals surface area contributed by atoms with Gasteiger partial charge in [-0.1, -0.05) is 221 Å². The van der Waals surface area contributed by atoms with Crippen LogP contribution < -0.4 is 0 Å². The predicted molar refractivity (Wildman–Crippen MR) is 306 cm³/mol. The molecular formula is C65H96O5. The summed E-state index contributed by atoms with van der Waals surface area (Å²) in [5, 5.41) is 9.64. The fraction of sp³-hybridized carbons (Fsp3) is 0.477. The third kappa shape index (κ3) is 55.3. The molecule has 5 nitrogen and oxygen atoms in total. The van der Waals surface area contributed by atoms with E-state index in [1.165, 1.54) is 0 Å². The molecule has 0 aliphatic heterocycles. The van der Waals surface area contributed by atoms with E-state index in [1.807, 2.05) is 0 Å². The first kappa shape index (κ1) is 64.7. The van der Waals surface area contributed by atoms with Crippen molar-refractivity contribution < 1.29 is 24.2 Å². The van der Waals surface area contributed by atoms with Gasteiger partial charge in [-0.2, -0.15) is 0 Å². The van der Waals surface area contributed by atoms with Crippen LogP contribution in [-0.4, -0.2) is 36.4 Å². The number of allylic oxidation sites excluding steroid dienone is 32. The van der Waals surface area contributed by atoms with Crippen LogP contribution in [0, 0.1) is 0 Å². The molecule has 0 saturated carbocycles. The SMILES string of the molecule is CC/C=C\C/C=C\C/C=C\C/C=C\C/C=C\C/C=C\C/C=C\C/C=C\CCCCCCC(=O)OC(CO)COC(=O)CCCC/C=C\C/C=C\C/C=C\C/C=C\C/C=C\C/C=C\C/C=C\C/C=C\CC. The highest BCUT2D eigenvalue weighted by atomic mass is 16.6. The van der Waals surface area contributed by atoms with E-state index in [0.717, 1.165) is 154 Å². The van der Waals surface area contributed by atoms with Crippen molar-refractivity contribution in [2.24, 2.45) is 0 Å². The largest absolute Gasteiger partial charge is 0.462 e. The van der Waals surface area contributed by atoms with Gasteiger partial charge in [0.15, 0.2) is 6.10 Å². The normalized spacial score (nSPS) is 13.8. The lowest BCUT2D eigenvalue weighted by Gasteiger charge is -2.15. The second-order valence-electron chi connectivity index (χ2n) is 16.8. The maximum absolute atomic E-state index is 12.3. The molecule has 0 saturated heterocycles. The molecule has 1 atom stereocenters. The molecule has 0 fully saturated rings. The van der Waals surface area contributed by atoms with Crippen LogP contribution in [-0.2, 0) is 19.1 Å². The van der Waals surface area contributed by atoms with Crippen LogP contribution in [0.2, 0.25) is 0 Å². The van der Waals surface area contributed by atoms with Crippen LogP contribution >= 0.6 is 0 Å². The molecule has 0 aromatic carbocycles. The Labute approximate surface area is 428 Å². The Morgan fingerprint density at radius 2 is 0.571 bits per heavy atom. The first-order valence-electron chi connectivity index (χ1n) is 27.0. The third-order valence-electron chi connectivity index (χ3n) is 10.4. The molecule has 0 aromatic heterocycles. The smallest absolute Gasteiger partial charge is 0.306 e. The summed E-state index contributed by atoms with van der Waals surface area (Å²) in [7, 11) is 0. The maximum Gasteiger partial charge on any atom is 0.306 e. The van der Waals surface area contributed by atoms with Crippen molar-refractivity contribution >= 4 is 11.9 Å². The summed E-state index contributed by atoms with van der Waals surface area (Å²) in [6.07, 6.45) is 93.8. The minimum Gasteiger partial charge on any atom is -0.462 e. The average Bonchev–Trinajstić information content (AvgIpc) is 3.36. The second kappa shape index (κ2) is 58.1. The zero-order valence-electron chi connectivity index (χ0n) is 43.9. The number of aliphatic hydroxyl groups is 1. The molecule has 0 amide bonds. The molecule has 0 bridgehead atoms. The molecule has 0 aliphatic carbocycles. The number of carbonyl (C=O) groups is 2. The van der Waals surface area contributed by atoms with Crippen LogP contribution in [0.4, 0.5) is 0 Å². The van der Waals surface area contributed by atoms with Crippen molar-refractivity contribution in [1.82, 2.24) is 0 Å². The minimum absolute atomic E-state index is 0.115. The highest BCUT2D eigenvalue weighted by Gasteiger charge is 2.16. The van der Waals surface area contributed by atoms with Crippen LogP contribution in [0.3, 0.4) is 0 Å². The number of esters is 2. The van der Waals surface area contributed by atoms with Gasteiger partial charge in [0.1, 0.15) is 6.61 Å². The van der Waals surface area contributed by atoms with E-state index in [-0.39, 0.29) is 25.2 Å². The summed E-state index contributed by atoms with van der Waals surface area (Å²) in [5.74, 6) is -0.692. The Bertz CT molecular complexity index is 1700. The molecule has 1 unspecified atom stereocenters. The first-order chi connectivity index (χ1) is 34.6. The minimum atomic E-state index is -0.823. The van der Waals surface area contributed by atoms with Crippen molar-refractivity contribution in [2.75, 3.05) is 13.2 Å². The summed E-state index contributed by atoms with van der Waals surface area (Å²) < 4.78 is 10.6. The predicted octanol–water partition coefficient (Wildman–Crippen LogP) is 18.5. The highest BCUT2D eigenvalue weighted by Crippen LogP contribution is 2.10. The number of ether oxygens (including phenoxy) is 2. The van der Waals surface area contributed by atoms with Gasteiger partial charge >= 0.3 is 11.9 Å². The lowest BCUT2D eigenvalue weighted by atomic mass is 10.1. The van der Waals surface area contributed by atoms with Crippen molar-refractivity contribution in [3.63, 3.8) is 0 Å². The lowest BCUT2D eigenvalue weighted by Crippen LogP contribution is -2.28. The molecule has 0 spiro atoms. The van der Waals surface area contributed by atoms with Gasteiger partial charge in [0.05, 0.1) is 6.61 Å². The molecule has 0 heterocycles. The number of unbranched alkanes of at least 4 members (excludes halogenated alkanes) is 6. The van der Waals surface area contributed by atoms with E-state index in [2.05, 4.69) is 208 Å². The van der Waals surface area contributed by atoms with E-state index in [4.69, 9.17) is 9.47 Å². The molecule has 1 N–H and O–H groups in total. The summed E-state index contributed by atoms with van der Waals surface area (Å²) in [6.45, 7) is 3.83. The van der Waals surface area contributed by atoms with Gasteiger partial charge < -0.3 is 14.6 Å². The number of hydrogen-bond donors (Lipinski definition) is 1. The standard InChI is InChI=1S/C65H96O5/c1-3-5-7-9-11-13-15-17-19-21-23-25-27-29-31-32-34-36-38-40-42-44-46-48-50-52-54-56-58-60-65(68)70-63(61-66)62-69-64(67)59-57-55-53-51-49-47-45-43-41-39-37-35-33-30-28-26-24-22-20-18-16-14-12-10-8-6-4-2/h5-8,11-14,17-20,23-26,29-31,33-34,36-37,39-40,42-43,45-46,48-49,51,63,66H,3-4,9-10,15-16,21-22,27-28,32,35,38,41,44,47,50,52-62H2,1-2H3/b7-5-,8-6-,13-11-,14-12-,19-17-,20-18-,25-23-,26-24-,31-29-,33-30-,36-34-,39-37-,42-40-,45-43-,48-46-,51-49-. The van der Waals surface area contributed by atoms with Crippen molar-refractivity contribution in [3.8, 4) is 0 Å². The van der Waals surface area contributed by atoms with Gasteiger partial charge in [-0.05, 0) is 141 Å². The molecule has 0 radical (unpaired) electrons. The average molecular weight is 957 g/mol. The zero-order chi connectivity index (χ0) is 50.6. The van der Waals surface area contributed by atoms with E-state index in [9.17, 15) is 14.7 Å². The summed E-state index contributed by atoms with van der Waals surface area (Å²) in [5.41, 5.74) is 0. The van der Waals surface area contributed by atoms with Crippen LogP contribution in [0.5, 0.6) is 0 Å². The van der Waals surface area contributed by atoms with Gasteiger partial charge in [-0.3, -0.25) is 9.59 Å². The lowest BCUT2D eigenvalue weighted by molar-refractivity contribution is -0.161. The molecule has 0 rings (SSSR count). The van der Waals surface area contributed by atoms with Crippen molar-refractivity contribution in [1.29, 1.82) is 0 Å². The highest BCUT2D eigenvalue weighted by molar-refractivity contribution is 5.70. The number of aliphatic hydroxyl groups excluding tert-OH is 1. The van der Waals surface area contributed by atoms with Crippen molar-refractivity contribution in [2.45, 2.75) is 187 Å². The van der Waals surface area contributed by atoms with Crippen LogP contribution in [0.15, 0.2) is 194 Å². The molecule has 0 aliphatic rings. The van der Waals surface area contributed by atoms with Gasteiger partial charge in [0, 0.05) is 12.8 Å². The first-order valence-corrected chi connectivity index (χ1v) is 27.0. The van der Waals surface area contributed by atoms with Gasteiger partial charge in [0.2, 0.25) is 0 Å². The van der Waals surface area contributed by atoms with E-state index in [0.29, 0.717) is 12.8 Å². The molecule has 70 heavy (non-hydrogen) atoms. The molecule has 0 aromatic rings. The zero-order valence-corrected chi connectivity index (χ0v) is 43.9. The number of hydrogen-bond acceptors (Lipinski definition) is 5. The monoisotopic (exact) mass is 957 g/mol. The Morgan fingerprint density at radius 3 is 0.871 bits per heavy atom. The van der Waals surface area contributed by atoms with Gasteiger partial charge in [0.25, 0.3) is 0 Å². The van der Waals surface area contributed by atoms with Crippen LogP contribution in [0.1, 0.15) is 181 Å². The van der Waals surface area contributed by atoms with Gasteiger partial charge in [-0.15, -0.1) is 0 Å². The maximum atomic E-state index is 12.3. The molecule has 386 valence electrons. The Hall–Kier alpha value is -5.26. The van der Waals surface area contributed by atoms with Crippen LogP contribution in [0.25, 0.3) is 0 Å². The summed E-state index contributed by atoms with van der Waals surface area (Å²) >= 11 is 0. The second-order valence-corrected chi connectivity index (χ2v) is 16.8. The van der Waals surface area contributed by atoms with Gasteiger partial charge in [-0.25, -0.2) is 0 Å². The van der Waals surface area contributed by atoms with E-state index in [1.54, 1.807) is 0 Å². The fourth-order valence-electron chi connectivity index (χ4n) is 6.41. The van der Waals surface area contributed by atoms with E-state index < -0.39 is 6.10 Å². The Kier molecular flexibility index (Phi) is 53.7. The quantitative estimate of drug-likeness (QED) is 0.0374. The Morgan fingerprint density at radius 1 is 0.329 bits per heavy atom. The summed E-state index contributed by atoms with van der Waals surface area (Å²) in [6, 6.07) is 0.